The minimum atomic E-state index is 0.0388. The van der Waals surface area contributed by atoms with Gasteiger partial charge in [-0.25, -0.2) is 0 Å². The van der Waals surface area contributed by atoms with Gasteiger partial charge in [-0.3, -0.25) is 9.69 Å². The van der Waals surface area contributed by atoms with Gasteiger partial charge >= 0.3 is 0 Å². The highest BCUT2D eigenvalue weighted by Crippen LogP contribution is 2.18. The van der Waals surface area contributed by atoms with E-state index in [1.807, 2.05) is 12.1 Å². The molecule has 2 N–H and O–H groups in total. The number of hydrogen-bond donors (Lipinski definition) is 2. The number of amides is 1. The van der Waals surface area contributed by atoms with E-state index < -0.39 is 0 Å². The Balaban J connectivity index is 1.85. The van der Waals surface area contributed by atoms with E-state index in [1.54, 1.807) is 0 Å². The maximum atomic E-state index is 11.8. The Hall–Kier alpha value is -1.39. The zero-order valence-corrected chi connectivity index (χ0v) is 12.5. The van der Waals surface area contributed by atoms with Gasteiger partial charge in [0.15, 0.2) is 0 Å². The van der Waals surface area contributed by atoms with Crippen LogP contribution in [-0.2, 0) is 11.3 Å². The summed E-state index contributed by atoms with van der Waals surface area (Å²) < 4.78 is 0. The minimum absolute atomic E-state index is 0.0388. The highest BCUT2D eigenvalue weighted by Gasteiger charge is 2.21. The number of hydrogen-bond acceptors (Lipinski definition) is 3. The summed E-state index contributed by atoms with van der Waals surface area (Å²) in [5, 5.41) is 6.18. The van der Waals surface area contributed by atoms with Crippen LogP contribution in [0.15, 0.2) is 24.3 Å². The molecule has 0 aliphatic heterocycles. The minimum Gasteiger partial charge on any atom is -0.325 e. The van der Waals surface area contributed by atoms with E-state index in [9.17, 15) is 4.79 Å². The Morgan fingerprint density at radius 2 is 2.05 bits per heavy atom. The molecule has 0 unspecified atom stereocenters. The van der Waals surface area contributed by atoms with Crippen LogP contribution < -0.4 is 10.6 Å². The average Bonchev–Trinajstić information content (AvgIpc) is 3.27. The fourth-order valence-electron chi connectivity index (χ4n) is 2.18. The fraction of sp³-hybridized carbons (Fsp3) is 0.562. The first-order valence-corrected chi connectivity index (χ1v) is 7.55. The summed E-state index contributed by atoms with van der Waals surface area (Å²) in [5.41, 5.74) is 2.12. The van der Waals surface area contributed by atoms with Gasteiger partial charge in [0.25, 0.3) is 0 Å². The van der Waals surface area contributed by atoms with Gasteiger partial charge in [-0.1, -0.05) is 26.0 Å². The first kappa shape index (κ1) is 15.0. The van der Waals surface area contributed by atoms with Crippen molar-refractivity contribution in [3.63, 3.8) is 0 Å². The number of carbonyl (C=O) groups excluding carboxylic acids is 1. The normalized spacial score (nSPS) is 14.6. The van der Waals surface area contributed by atoms with E-state index in [4.69, 9.17) is 0 Å². The van der Waals surface area contributed by atoms with Crippen molar-refractivity contribution in [2.75, 3.05) is 25.0 Å². The molecule has 0 saturated heterocycles. The van der Waals surface area contributed by atoms with Crippen LogP contribution in [0.2, 0.25) is 0 Å². The molecule has 0 radical (unpaired) electrons. The quantitative estimate of drug-likeness (QED) is 0.764. The van der Waals surface area contributed by atoms with Crippen LogP contribution in [-0.4, -0.2) is 36.5 Å². The summed E-state index contributed by atoms with van der Waals surface area (Å²) in [5.74, 6) is 0.0388. The third kappa shape index (κ3) is 4.94. The van der Waals surface area contributed by atoms with Crippen molar-refractivity contribution in [3.05, 3.63) is 29.8 Å². The average molecular weight is 275 g/mol. The fourth-order valence-corrected chi connectivity index (χ4v) is 2.18. The molecule has 1 saturated carbocycles. The molecule has 4 nitrogen and oxygen atoms in total. The molecule has 1 aliphatic rings. The van der Waals surface area contributed by atoms with E-state index in [0.29, 0.717) is 12.6 Å². The van der Waals surface area contributed by atoms with E-state index >= 15 is 0 Å². The molecule has 2 rings (SSSR count). The second-order valence-electron chi connectivity index (χ2n) is 5.37. The second-order valence-corrected chi connectivity index (χ2v) is 5.37. The smallest absolute Gasteiger partial charge is 0.238 e. The van der Waals surface area contributed by atoms with Crippen molar-refractivity contribution in [1.82, 2.24) is 10.2 Å². The van der Waals surface area contributed by atoms with Crippen LogP contribution in [0.3, 0.4) is 0 Å². The van der Waals surface area contributed by atoms with E-state index in [1.165, 1.54) is 18.4 Å². The highest BCUT2D eigenvalue weighted by molar-refractivity contribution is 5.92. The zero-order valence-electron chi connectivity index (χ0n) is 12.5. The number of nitrogens with one attached hydrogen (secondary N) is 2. The van der Waals surface area contributed by atoms with Gasteiger partial charge in [0.1, 0.15) is 0 Å². The summed E-state index contributed by atoms with van der Waals surface area (Å²) in [4.78, 5) is 14.2. The summed E-state index contributed by atoms with van der Waals surface area (Å²) in [6, 6.07) is 8.68. The number of anilines is 1. The molecule has 1 fully saturated rings. The van der Waals surface area contributed by atoms with E-state index in [2.05, 4.69) is 41.5 Å². The third-order valence-corrected chi connectivity index (χ3v) is 3.64. The molecule has 0 atom stereocenters. The summed E-state index contributed by atoms with van der Waals surface area (Å²) in [6.45, 7) is 7.75. The molecule has 0 aromatic heterocycles. The van der Waals surface area contributed by atoms with Crippen LogP contribution in [0.1, 0.15) is 32.3 Å². The Morgan fingerprint density at radius 1 is 1.30 bits per heavy atom. The lowest BCUT2D eigenvalue weighted by molar-refractivity contribution is -0.115. The Bertz CT molecular complexity index is 439. The SMILES string of the molecule is CCN(CC)Cc1cccc(NC(=O)CNC2CC2)c1. The first-order valence-electron chi connectivity index (χ1n) is 7.55. The largest absolute Gasteiger partial charge is 0.325 e. The Morgan fingerprint density at radius 3 is 2.70 bits per heavy atom. The molecule has 4 heteroatoms. The number of benzene rings is 1. The number of nitrogens with zero attached hydrogens (tertiary/aromatic N) is 1. The molecule has 1 aromatic carbocycles. The Kier molecular flexibility index (Phi) is 5.56. The molecule has 110 valence electrons. The van der Waals surface area contributed by atoms with Crippen molar-refractivity contribution < 1.29 is 4.79 Å². The van der Waals surface area contributed by atoms with E-state index in [0.717, 1.165) is 25.3 Å². The van der Waals surface area contributed by atoms with Crippen molar-refractivity contribution in [1.29, 1.82) is 0 Å². The molecular weight excluding hydrogens is 250 g/mol. The zero-order chi connectivity index (χ0) is 14.4. The first-order chi connectivity index (χ1) is 9.71. The topological polar surface area (TPSA) is 44.4 Å². The van der Waals surface area contributed by atoms with Crippen LogP contribution in [0.5, 0.6) is 0 Å². The maximum Gasteiger partial charge on any atom is 0.238 e. The molecule has 1 amide bonds. The molecule has 20 heavy (non-hydrogen) atoms. The van der Waals surface area contributed by atoms with Gasteiger partial charge in [0.2, 0.25) is 5.91 Å². The lowest BCUT2D eigenvalue weighted by atomic mass is 10.2. The molecular formula is C16H25N3O. The predicted octanol–water partition coefficient (Wildman–Crippen LogP) is 2.22. The van der Waals surface area contributed by atoms with Crippen molar-refractivity contribution in [2.45, 2.75) is 39.3 Å². The van der Waals surface area contributed by atoms with Crippen molar-refractivity contribution >= 4 is 11.6 Å². The van der Waals surface area contributed by atoms with Crippen LogP contribution in [0.4, 0.5) is 5.69 Å². The van der Waals surface area contributed by atoms with Crippen molar-refractivity contribution in [2.24, 2.45) is 0 Å². The predicted molar refractivity (Wildman–Crippen MR) is 82.7 cm³/mol. The van der Waals surface area contributed by atoms with E-state index in [-0.39, 0.29) is 5.91 Å². The molecule has 0 bridgehead atoms. The maximum absolute atomic E-state index is 11.8. The summed E-state index contributed by atoms with van der Waals surface area (Å²) in [6.07, 6.45) is 2.40. The molecule has 0 spiro atoms. The van der Waals surface area contributed by atoms with Gasteiger partial charge in [0.05, 0.1) is 6.54 Å². The van der Waals surface area contributed by atoms with Gasteiger partial charge in [-0.15, -0.1) is 0 Å². The molecule has 0 heterocycles. The van der Waals surface area contributed by atoms with Gasteiger partial charge in [0, 0.05) is 18.3 Å². The third-order valence-electron chi connectivity index (χ3n) is 3.64. The molecule has 1 aliphatic carbocycles. The monoisotopic (exact) mass is 275 g/mol. The lowest BCUT2D eigenvalue weighted by Crippen LogP contribution is -2.29. The summed E-state index contributed by atoms with van der Waals surface area (Å²) >= 11 is 0. The second kappa shape index (κ2) is 7.41. The number of rotatable bonds is 8. The van der Waals surface area contributed by atoms with Crippen LogP contribution in [0, 0.1) is 0 Å². The van der Waals surface area contributed by atoms with Crippen LogP contribution in [0.25, 0.3) is 0 Å². The summed E-state index contributed by atoms with van der Waals surface area (Å²) in [7, 11) is 0. The van der Waals surface area contributed by atoms with Gasteiger partial charge in [-0.05, 0) is 43.6 Å². The number of carbonyl (C=O) groups is 1. The van der Waals surface area contributed by atoms with Crippen LogP contribution >= 0.6 is 0 Å². The lowest BCUT2D eigenvalue weighted by Gasteiger charge is -2.18. The Labute approximate surface area is 121 Å². The van der Waals surface area contributed by atoms with Gasteiger partial charge < -0.3 is 10.6 Å². The highest BCUT2D eigenvalue weighted by atomic mass is 16.1. The van der Waals surface area contributed by atoms with Gasteiger partial charge in [-0.2, -0.15) is 0 Å². The molecule has 1 aromatic rings. The van der Waals surface area contributed by atoms with Crippen molar-refractivity contribution in [3.8, 4) is 0 Å². The standard InChI is InChI=1S/C16H25N3O/c1-3-19(4-2)12-13-6-5-7-15(10-13)18-16(20)11-17-14-8-9-14/h5-7,10,14,17H,3-4,8-9,11-12H2,1-2H3,(H,18,20).